The van der Waals surface area contributed by atoms with Gasteiger partial charge in [-0.3, -0.25) is 0 Å². The second kappa shape index (κ2) is 9.01. The highest BCUT2D eigenvalue weighted by Crippen LogP contribution is 2.48. The molecule has 0 aromatic heterocycles. The molecule has 2 atom stereocenters. The van der Waals surface area contributed by atoms with Gasteiger partial charge in [0, 0.05) is 12.0 Å². The van der Waals surface area contributed by atoms with Gasteiger partial charge in [-0.1, -0.05) is 31.1 Å². The van der Waals surface area contributed by atoms with E-state index in [1.54, 1.807) is 19.1 Å². The minimum atomic E-state index is -4.30. The largest absolute Gasteiger partial charge is 0.389 e. The van der Waals surface area contributed by atoms with Gasteiger partial charge < -0.3 is 0 Å². The molecule has 0 N–H and O–H groups in total. The Balaban J connectivity index is 2.36. The molecule has 1 aromatic carbocycles. The summed E-state index contributed by atoms with van der Waals surface area (Å²) in [6.45, 7) is 3.65. The maximum Gasteiger partial charge on any atom is 0.389 e. The summed E-state index contributed by atoms with van der Waals surface area (Å²) < 4.78 is 79.8. The van der Waals surface area contributed by atoms with E-state index in [2.05, 4.69) is 0 Å². The topological polar surface area (TPSA) is 0 Å². The molecule has 0 nitrogen and oxygen atoms in total. The SMILES string of the molecule is [B]C1(CC)C=C(C)C(C(SCCCC(F)(F)F)c2c(F)ccc(F)c2F)=CC1. The number of rotatable bonds is 7. The lowest BCUT2D eigenvalue weighted by Gasteiger charge is -2.32. The maximum atomic E-state index is 14.4. The first-order chi connectivity index (χ1) is 13.0. The predicted octanol–water partition coefficient (Wildman–Crippen LogP) is 7.23. The molecule has 0 bridgehead atoms. The highest BCUT2D eigenvalue weighted by Gasteiger charge is 2.32. The molecule has 2 rings (SSSR count). The van der Waals surface area contributed by atoms with Crippen LogP contribution in [0.5, 0.6) is 0 Å². The Morgan fingerprint density at radius 1 is 1.18 bits per heavy atom. The third-order valence-electron chi connectivity index (χ3n) is 4.83. The van der Waals surface area contributed by atoms with Crippen molar-refractivity contribution in [2.45, 2.75) is 56.3 Å². The zero-order chi connectivity index (χ0) is 21.1. The van der Waals surface area contributed by atoms with Crippen molar-refractivity contribution in [3.05, 3.63) is 58.4 Å². The van der Waals surface area contributed by atoms with E-state index in [1.165, 1.54) is 0 Å². The quantitative estimate of drug-likeness (QED) is 0.195. The van der Waals surface area contributed by atoms with Gasteiger partial charge in [-0.05, 0) is 48.5 Å². The Morgan fingerprint density at radius 3 is 2.39 bits per heavy atom. The first kappa shape index (κ1) is 23.0. The fourth-order valence-electron chi connectivity index (χ4n) is 3.18. The monoisotopic (exact) mass is 418 g/mol. The number of alkyl halides is 3. The maximum absolute atomic E-state index is 14.4. The number of allylic oxidation sites excluding steroid dienone is 3. The van der Waals surface area contributed by atoms with Crippen molar-refractivity contribution in [2.24, 2.45) is 0 Å². The Hall–Kier alpha value is -1.31. The van der Waals surface area contributed by atoms with Gasteiger partial charge in [0.15, 0.2) is 11.6 Å². The molecule has 0 heterocycles. The van der Waals surface area contributed by atoms with Crippen LogP contribution in [0.15, 0.2) is 35.4 Å². The van der Waals surface area contributed by atoms with Crippen LogP contribution < -0.4 is 0 Å². The van der Waals surface area contributed by atoms with Crippen LogP contribution in [0.3, 0.4) is 0 Å². The Kier molecular flexibility index (Phi) is 7.40. The summed E-state index contributed by atoms with van der Waals surface area (Å²) in [5.74, 6) is -3.42. The third-order valence-corrected chi connectivity index (χ3v) is 6.18. The summed E-state index contributed by atoms with van der Waals surface area (Å²) in [4.78, 5) is 0. The minimum Gasteiger partial charge on any atom is -0.207 e. The molecule has 1 aromatic rings. The van der Waals surface area contributed by atoms with Gasteiger partial charge in [-0.25, -0.2) is 13.2 Å². The molecule has 28 heavy (non-hydrogen) atoms. The highest BCUT2D eigenvalue weighted by atomic mass is 32.2. The van der Waals surface area contributed by atoms with E-state index in [4.69, 9.17) is 7.85 Å². The van der Waals surface area contributed by atoms with Crippen LogP contribution in [0.1, 0.15) is 50.3 Å². The first-order valence-electron chi connectivity index (χ1n) is 8.98. The molecular weight excluding hydrogens is 397 g/mol. The van der Waals surface area contributed by atoms with Gasteiger partial charge in [0.1, 0.15) is 5.82 Å². The van der Waals surface area contributed by atoms with Crippen molar-refractivity contribution in [1.82, 2.24) is 0 Å². The Bertz CT molecular complexity index is 771. The molecule has 0 fully saturated rings. The molecule has 2 unspecified atom stereocenters. The molecule has 152 valence electrons. The molecule has 0 saturated heterocycles. The second-order valence-electron chi connectivity index (χ2n) is 7.00. The molecule has 0 saturated carbocycles. The van der Waals surface area contributed by atoms with Crippen LogP contribution in [-0.2, 0) is 0 Å². The summed E-state index contributed by atoms with van der Waals surface area (Å²) in [6, 6.07) is 1.53. The zero-order valence-electron chi connectivity index (χ0n) is 15.7. The summed E-state index contributed by atoms with van der Waals surface area (Å²) >= 11 is 0.974. The van der Waals surface area contributed by atoms with Crippen LogP contribution in [0.4, 0.5) is 26.3 Å². The predicted molar refractivity (Wildman–Crippen MR) is 102 cm³/mol. The molecule has 0 spiro atoms. The Labute approximate surface area is 166 Å². The van der Waals surface area contributed by atoms with E-state index in [-0.39, 0.29) is 12.2 Å². The number of hydrogen-bond donors (Lipinski definition) is 0. The Morgan fingerprint density at radius 2 is 1.82 bits per heavy atom. The van der Waals surface area contributed by atoms with Gasteiger partial charge >= 0.3 is 6.18 Å². The lowest BCUT2D eigenvalue weighted by atomic mass is 9.61. The smallest absolute Gasteiger partial charge is 0.207 e. The number of halogens is 6. The van der Waals surface area contributed by atoms with Crippen LogP contribution in [0, 0.1) is 17.5 Å². The van der Waals surface area contributed by atoms with E-state index >= 15 is 0 Å². The van der Waals surface area contributed by atoms with Gasteiger partial charge in [0.05, 0.1) is 13.1 Å². The van der Waals surface area contributed by atoms with Crippen LogP contribution in [0.25, 0.3) is 0 Å². The fraction of sp³-hybridized carbons (Fsp3) is 0.500. The first-order valence-corrected chi connectivity index (χ1v) is 10.0. The molecule has 1 aliphatic rings. The van der Waals surface area contributed by atoms with Crippen LogP contribution >= 0.6 is 11.8 Å². The van der Waals surface area contributed by atoms with Crippen molar-refractivity contribution < 1.29 is 26.3 Å². The molecule has 2 radical (unpaired) electrons. The van der Waals surface area contributed by atoms with Gasteiger partial charge in [-0.2, -0.15) is 13.2 Å². The van der Waals surface area contributed by atoms with Crippen molar-refractivity contribution in [3.8, 4) is 0 Å². The average Bonchev–Trinajstić information content (AvgIpc) is 2.60. The van der Waals surface area contributed by atoms with E-state index < -0.39 is 46.2 Å². The summed E-state index contributed by atoms with van der Waals surface area (Å²) in [5, 5.41) is -1.54. The summed E-state index contributed by atoms with van der Waals surface area (Å²) in [5.41, 5.74) is 0.763. The average molecular weight is 418 g/mol. The molecule has 0 aliphatic heterocycles. The molecule has 1 aliphatic carbocycles. The normalized spacial score (nSPS) is 21.3. The zero-order valence-corrected chi connectivity index (χ0v) is 16.5. The summed E-state index contributed by atoms with van der Waals surface area (Å²) in [7, 11) is 6.24. The molecular formula is C20H21BF6S. The van der Waals surface area contributed by atoms with Gasteiger partial charge in [0.2, 0.25) is 0 Å². The lowest BCUT2D eigenvalue weighted by molar-refractivity contribution is -0.134. The standard InChI is InChI=1S/C20H21BF6S/c1-3-19(21)9-7-13(12(2)11-19)18(28-10-4-8-20(25,26)27)16-14(22)5-6-15(23)17(16)24/h5-7,11,18H,3-4,8-10H2,1-2H3. The third kappa shape index (κ3) is 5.61. The van der Waals surface area contributed by atoms with Gasteiger partial charge in [-0.15, -0.1) is 11.8 Å². The van der Waals surface area contributed by atoms with Crippen molar-refractivity contribution in [1.29, 1.82) is 0 Å². The number of thioether (sulfide) groups is 1. The molecule has 8 heteroatoms. The lowest BCUT2D eigenvalue weighted by Crippen LogP contribution is -2.16. The highest BCUT2D eigenvalue weighted by molar-refractivity contribution is 7.99. The number of hydrogen-bond acceptors (Lipinski definition) is 1. The van der Waals surface area contributed by atoms with Crippen molar-refractivity contribution in [3.63, 3.8) is 0 Å². The summed E-state index contributed by atoms with van der Waals surface area (Å²) in [6.07, 6.45) is -0.851. The fourth-order valence-corrected chi connectivity index (χ4v) is 4.57. The minimum absolute atomic E-state index is 0.0196. The van der Waals surface area contributed by atoms with Crippen LogP contribution in [-0.4, -0.2) is 19.8 Å². The number of benzene rings is 1. The van der Waals surface area contributed by atoms with E-state index in [0.717, 1.165) is 17.8 Å². The van der Waals surface area contributed by atoms with Crippen LogP contribution in [0.2, 0.25) is 5.31 Å². The van der Waals surface area contributed by atoms with E-state index in [0.29, 0.717) is 30.1 Å². The van der Waals surface area contributed by atoms with E-state index in [1.807, 2.05) is 6.92 Å². The second-order valence-corrected chi connectivity index (χ2v) is 8.22. The van der Waals surface area contributed by atoms with Crippen molar-refractivity contribution in [2.75, 3.05) is 5.75 Å². The van der Waals surface area contributed by atoms with Crippen molar-refractivity contribution >= 4 is 19.6 Å². The van der Waals surface area contributed by atoms with E-state index in [9.17, 15) is 26.3 Å². The molecule has 0 amide bonds. The van der Waals surface area contributed by atoms with Gasteiger partial charge in [0.25, 0.3) is 0 Å².